The number of rotatable bonds is 4. The fraction of sp³-hybridized carbons (Fsp3) is 0.286. The summed E-state index contributed by atoms with van der Waals surface area (Å²) >= 11 is 1.31. The topological polar surface area (TPSA) is 88.7 Å². The molecule has 29 heavy (non-hydrogen) atoms. The first-order valence-corrected chi connectivity index (χ1v) is 10.4. The van der Waals surface area contributed by atoms with Gasteiger partial charge in [0.15, 0.2) is 5.17 Å². The van der Waals surface area contributed by atoms with Crippen LogP contribution >= 0.6 is 11.8 Å². The number of hydrogen-bond donors (Lipinski definition) is 0. The summed E-state index contributed by atoms with van der Waals surface area (Å²) in [5.74, 6) is -0.0870. The molecule has 1 aliphatic carbocycles. The number of aromatic nitrogens is 1. The Kier molecular flexibility index (Phi) is 5.71. The predicted octanol–water partition coefficient (Wildman–Crippen LogP) is 4.93. The van der Waals surface area contributed by atoms with Gasteiger partial charge in [-0.15, -0.1) is 0 Å². The molecule has 1 saturated heterocycles. The molecule has 8 heteroatoms. The van der Waals surface area contributed by atoms with Crippen LogP contribution in [0.25, 0.3) is 6.08 Å². The molecule has 0 N–H and O–H groups in total. The van der Waals surface area contributed by atoms with Crippen molar-refractivity contribution in [3.8, 4) is 0 Å². The minimum atomic E-state index is -0.435. The Morgan fingerprint density at radius 1 is 1.21 bits per heavy atom. The predicted molar refractivity (Wildman–Crippen MR) is 114 cm³/mol. The highest BCUT2D eigenvalue weighted by molar-refractivity contribution is 8.18. The van der Waals surface area contributed by atoms with Crippen molar-refractivity contribution < 1.29 is 9.72 Å². The Hall–Kier alpha value is -3.00. The number of nitrogens with zero attached hydrogens (tertiary/aromatic N) is 4. The van der Waals surface area contributed by atoms with Gasteiger partial charge in [0, 0.05) is 24.4 Å². The van der Waals surface area contributed by atoms with Gasteiger partial charge in [-0.1, -0.05) is 31.4 Å². The number of nitro benzene ring substituents is 1. The quantitative estimate of drug-likeness (QED) is 0.407. The Morgan fingerprint density at radius 3 is 2.76 bits per heavy atom. The van der Waals surface area contributed by atoms with Crippen LogP contribution in [0, 0.1) is 10.1 Å². The lowest BCUT2D eigenvalue weighted by Gasteiger charge is -2.30. The molecule has 2 aliphatic rings. The fourth-order valence-corrected chi connectivity index (χ4v) is 4.69. The van der Waals surface area contributed by atoms with Crippen molar-refractivity contribution in [1.29, 1.82) is 0 Å². The number of pyridine rings is 1. The molecule has 0 atom stereocenters. The van der Waals surface area contributed by atoms with Crippen LogP contribution in [0.2, 0.25) is 0 Å². The van der Waals surface area contributed by atoms with Crippen LogP contribution in [0.3, 0.4) is 0 Å². The average molecular weight is 408 g/mol. The minimum absolute atomic E-state index is 0.00295. The maximum absolute atomic E-state index is 13.2. The number of aliphatic imine (C=N–C) groups is 1. The van der Waals surface area contributed by atoms with E-state index in [-0.39, 0.29) is 17.6 Å². The average Bonchev–Trinajstić information content (AvgIpc) is 3.04. The van der Waals surface area contributed by atoms with Gasteiger partial charge in [0.1, 0.15) is 0 Å². The van der Waals surface area contributed by atoms with Crippen LogP contribution in [0.5, 0.6) is 0 Å². The smallest absolute Gasteiger partial charge is 0.270 e. The Morgan fingerprint density at radius 2 is 2.03 bits per heavy atom. The maximum atomic E-state index is 13.2. The summed E-state index contributed by atoms with van der Waals surface area (Å²) in [6.07, 6.45) is 10.4. The van der Waals surface area contributed by atoms with E-state index in [0.717, 1.165) is 25.7 Å². The van der Waals surface area contributed by atoms with E-state index in [0.29, 0.717) is 21.3 Å². The van der Waals surface area contributed by atoms with Crippen molar-refractivity contribution in [3.63, 3.8) is 0 Å². The molecule has 0 bridgehead atoms. The molecule has 1 aromatic heterocycles. The molecule has 0 spiro atoms. The van der Waals surface area contributed by atoms with Crippen molar-refractivity contribution in [2.24, 2.45) is 4.99 Å². The number of nitro groups is 1. The SMILES string of the molecule is O=C1/C(=C/c2cccc([N+](=O)[O-])c2)SC(=Nc2cccnc2)N1C1CCCCC1. The molecule has 1 saturated carbocycles. The second kappa shape index (κ2) is 8.57. The lowest BCUT2D eigenvalue weighted by Crippen LogP contribution is -2.40. The zero-order valence-electron chi connectivity index (χ0n) is 15.7. The molecular formula is C21H20N4O3S. The number of thioether (sulfide) groups is 1. The number of hydrogen-bond acceptors (Lipinski definition) is 6. The first-order chi connectivity index (χ1) is 14.1. The number of amidine groups is 1. The van der Waals surface area contributed by atoms with Gasteiger partial charge in [-0.25, -0.2) is 4.99 Å². The molecule has 4 rings (SSSR count). The van der Waals surface area contributed by atoms with E-state index in [4.69, 9.17) is 0 Å². The highest BCUT2D eigenvalue weighted by Crippen LogP contribution is 2.38. The molecule has 0 unspecified atom stereocenters. The van der Waals surface area contributed by atoms with Crippen molar-refractivity contribution in [2.75, 3.05) is 0 Å². The van der Waals surface area contributed by atoms with Crippen LogP contribution in [0.4, 0.5) is 11.4 Å². The van der Waals surface area contributed by atoms with E-state index < -0.39 is 4.92 Å². The van der Waals surface area contributed by atoms with E-state index in [1.165, 1.54) is 30.3 Å². The van der Waals surface area contributed by atoms with Gasteiger partial charge >= 0.3 is 0 Å². The summed E-state index contributed by atoms with van der Waals surface area (Å²) in [5, 5.41) is 11.7. The number of carbonyl (C=O) groups excluding carboxylic acids is 1. The molecule has 7 nitrogen and oxygen atoms in total. The van der Waals surface area contributed by atoms with E-state index in [1.54, 1.807) is 35.5 Å². The van der Waals surface area contributed by atoms with Crippen molar-refractivity contribution in [2.45, 2.75) is 38.1 Å². The number of benzene rings is 1. The Labute approximate surface area is 172 Å². The molecule has 148 valence electrons. The molecule has 2 heterocycles. The van der Waals surface area contributed by atoms with Crippen molar-refractivity contribution >= 4 is 40.3 Å². The highest BCUT2D eigenvalue weighted by Gasteiger charge is 2.38. The summed E-state index contributed by atoms with van der Waals surface area (Å²) in [6, 6.07) is 10.1. The summed E-state index contributed by atoms with van der Waals surface area (Å²) in [4.78, 5) is 35.0. The molecule has 2 aromatic rings. The molecule has 1 aliphatic heterocycles. The van der Waals surface area contributed by atoms with Gasteiger partial charge in [-0.3, -0.25) is 24.8 Å². The standard InChI is InChI=1S/C21H20N4O3S/c26-20-19(13-15-6-4-10-18(12-15)25(27)28)29-21(23-16-7-5-11-22-14-16)24(20)17-8-2-1-3-9-17/h4-7,10-14,17H,1-3,8-9H2/b19-13-,23-21?. The molecule has 1 amide bonds. The lowest BCUT2D eigenvalue weighted by molar-refractivity contribution is -0.384. The van der Waals surface area contributed by atoms with Crippen LogP contribution in [-0.4, -0.2) is 31.9 Å². The largest absolute Gasteiger partial charge is 0.283 e. The van der Waals surface area contributed by atoms with Crippen LogP contribution in [0.1, 0.15) is 37.7 Å². The van der Waals surface area contributed by atoms with E-state index >= 15 is 0 Å². The van der Waals surface area contributed by atoms with Crippen LogP contribution < -0.4 is 0 Å². The first kappa shape index (κ1) is 19.3. The molecular weight excluding hydrogens is 388 g/mol. The number of non-ortho nitro benzene ring substituents is 1. The first-order valence-electron chi connectivity index (χ1n) is 9.58. The fourth-order valence-electron chi connectivity index (χ4n) is 3.64. The lowest BCUT2D eigenvalue weighted by atomic mass is 9.94. The second-order valence-corrected chi connectivity index (χ2v) is 8.04. The van der Waals surface area contributed by atoms with Gasteiger partial charge < -0.3 is 0 Å². The maximum Gasteiger partial charge on any atom is 0.270 e. The van der Waals surface area contributed by atoms with Gasteiger partial charge in [-0.05, 0) is 48.4 Å². The number of amides is 1. The van der Waals surface area contributed by atoms with Crippen LogP contribution in [-0.2, 0) is 4.79 Å². The van der Waals surface area contributed by atoms with E-state index in [1.807, 2.05) is 12.1 Å². The van der Waals surface area contributed by atoms with Crippen LogP contribution in [0.15, 0.2) is 58.7 Å². The van der Waals surface area contributed by atoms with E-state index in [2.05, 4.69) is 9.98 Å². The van der Waals surface area contributed by atoms with Crippen molar-refractivity contribution in [1.82, 2.24) is 9.88 Å². The monoisotopic (exact) mass is 408 g/mol. The Bertz CT molecular complexity index is 984. The van der Waals surface area contributed by atoms with Gasteiger partial charge in [0.25, 0.3) is 11.6 Å². The minimum Gasteiger partial charge on any atom is -0.283 e. The summed E-state index contributed by atoms with van der Waals surface area (Å²) in [5.41, 5.74) is 1.32. The summed E-state index contributed by atoms with van der Waals surface area (Å²) in [6.45, 7) is 0. The third-order valence-electron chi connectivity index (χ3n) is 5.03. The number of carbonyl (C=O) groups is 1. The third kappa shape index (κ3) is 4.37. The van der Waals surface area contributed by atoms with Crippen molar-refractivity contribution in [3.05, 3.63) is 69.4 Å². The van der Waals surface area contributed by atoms with E-state index in [9.17, 15) is 14.9 Å². The second-order valence-electron chi connectivity index (χ2n) is 7.04. The van der Waals surface area contributed by atoms with Gasteiger partial charge in [0.05, 0.1) is 21.7 Å². The van der Waals surface area contributed by atoms with Gasteiger partial charge in [-0.2, -0.15) is 0 Å². The summed E-state index contributed by atoms with van der Waals surface area (Å²) in [7, 11) is 0. The zero-order chi connectivity index (χ0) is 20.2. The highest BCUT2D eigenvalue weighted by atomic mass is 32.2. The molecule has 2 fully saturated rings. The molecule has 1 aromatic carbocycles. The van der Waals surface area contributed by atoms with Gasteiger partial charge in [0.2, 0.25) is 0 Å². The molecule has 0 radical (unpaired) electrons. The zero-order valence-corrected chi connectivity index (χ0v) is 16.5. The third-order valence-corrected chi connectivity index (χ3v) is 6.01. The Balaban J connectivity index is 1.69. The summed E-state index contributed by atoms with van der Waals surface area (Å²) < 4.78 is 0. The normalized spacial score (nSPS) is 20.6.